The van der Waals surface area contributed by atoms with E-state index in [-0.39, 0.29) is 24.0 Å². The number of ether oxygens (including phenoxy) is 1. The van der Waals surface area contributed by atoms with E-state index in [1.165, 1.54) is 6.92 Å². The lowest BCUT2D eigenvalue weighted by molar-refractivity contribution is -0.147. The van der Waals surface area contributed by atoms with Crippen LogP contribution in [-0.4, -0.2) is 53.8 Å². The predicted molar refractivity (Wildman–Crippen MR) is 72.7 cm³/mol. The molecule has 0 spiro atoms. The summed E-state index contributed by atoms with van der Waals surface area (Å²) in [7, 11) is 0. The number of hydrogen-bond donors (Lipinski definition) is 2. The number of carbonyl (C=O) groups excluding carboxylic acids is 2. The van der Waals surface area contributed by atoms with Crippen LogP contribution >= 0.6 is 12.6 Å². The molecule has 5 nitrogen and oxygen atoms in total. The quantitative estimate of drug-likeness (QED) is 0.732. The zero-order valence-electron chi connectivity index (χ0n) is 11.2. The third-order valence-electron chi connectivity index (χ3n) is 3.08. The second kappa shape index (κ2) is 6.99. The van der Waals surface area contributed by atoms with Gasteiger partial charge in [0.25, 0.3) is 0 Å². The first kappa shape index (κ1) is 15.3. The summed E-state index contributed by atoms with van der Waals surface area (Å²) in [5, 5.41) is 2.64. The Hall–Kier alpha value is -0.750. The van der Waals surface area contributed by atoms with Crippen molar-refractivity contribution in [2.75, 3.05) is 18.9 Å². The molecular formula is C12H22N2O3S. The highest BCUT2D eigenvalue weighted by Crippen LogP contribution is 2.16. The molecular weight excluding hydrogens is 252 g/mol. The van der Waals surface area contributed by atoms with Gasteiger partial charge in [0, 0.05) is 19.2 Å². The van der Waals surface area contributed by atoms with E-state index in [4.69, 9.17) is 4.74 Å². The second-order valence-electron chi connectivity index (χ2n) is 4.63. The van der Waals surface area contributed by atoms with Gasteiger partial charge in [-0.3, -0.25) is 9.59 Å². The van der Waals surface area contributed by atoms with Crippen LogP contribution in [-0.2, 0) is 14.3 Å². The van der Waals surface area contributed by atoms with Crippen LogP contribution in [0.1, 0.15) is 27.2 Å². The number of nitrogens with one attached hydrogen (secondary N) is 1. The maximum atomic E-state index is 12.4. The lowest BCUT2D eigenvalue weighted by atomic mass is 10.1. The van der Waals surface area contributed by atoms with Gasteiger partial charge in [0.05, 0.1) is 18.8 Å². The van der Waals surface area contributed by atoms with Crippen LogP contribution in [0, 0.1) is 0 Å². The molecule has 0 aliphatic carbocycles. The second-order valence-corrected chi connectivity index (χ2v) is 5.00. The summed E-state index contributed by atoms with van der Waals surface area (Å²) in [5.74, 6) is 0.0274. The molecule has 2 amide bonds. The monoisotopic (exact) mass is 274 g/mol. The topological polar surface area (TPSA) is 58.6 Å². The van der Waals surface area contributed by atoms with Gasteiger partial charge < -0.3 is 15.0 Å². The Morgan fingerprint density at radius 3 is 2.72 bits per heavy atom. The number of amides is 2. The maximum Gasteiger partial charge on any atom is 0.246 e. The Morgan fingerprint density at radius 2 is 2.22 bits per heavy atom. The molecule has 1 heterocycles. The summed E-state index contributed by atoms with van der Waals surface area (Å²) in [6.45, 7) is 6.51. The fourth-order valence-electron chi connectivity index (χ4n) is 2.08. The molecule has 0 saturated carbocycles. The molecule has 6 heteroatoms. The summed E-state index contributed by atoms with van der Waals surface area (Å²) in [5.41, 5.74) is 0. The third-order valence-corrected chi connectivity index (χ3v) is 3.45. The number of nitrogens with zero attached hydrogens (tertiary/aromatic N) is 1. The van der Waals surface area contributed by atoms with Crippen molar-refractivity contribution >= 4 is 24.4 Å². The van der Waals surface area contributed by atoms with E-state index < -0.39 is 6.04 Å². The zero-order chi connectivity index (χ0) is 13.7. The average molecular weight is 274 g/mol. The number of morpholine rings is 1. The van der Waals surface area contributed by atoms with Crippen molar-refractivity contribution in [3.63, 3.8) is 0 Å². The van der Waals surface area contributed by atoms with Crippen molar-refractivity contribution in [2.24, 2.45) is 0 Å². The van der Waals surface area contributed by atoms with Crippen molar-refractivity contribution in [1.29, 1.82) is 0 Å². The van der Waals surface area contributed by atoms with Gasteiger partial charge in [0.1, 0.15) is 6.04 Å². The molecule has 1 saturated heterocycles. The van der Waals surface area contributed by atoms with E-state index in [0.29, 0.717) is 18.9 Å². The van der Waals surface area contributed by atoms with Gasteiger partial charge in [-0.1, -0.05) is 6.92 Å². The number of rotatable bonds is 4. The first-order valence-electron chi connectivity index (χ1n) is 6.29. The molecule has 0 aromatic rings. The highest BCUT2D eigenvalue weighted by atomic mass is 32.1. The zero-order valence-corrected chi connectivity index (χ0v) is 12.1. The fraction of sp³-hybridized carbons (Fsp3) is 0.833. The SMILES string of the molecule is CCC1COC(C)CN1C(=O)C(CS)NC(C)=O. The molecule has 1 aliphatic rings. The highest BCUT2D eigenvalue weighted by Gasteiger charge is 2.33. The number of hydrogen-bond acceptors (Lipinski definition) is 4. The van der Waals surface area contributed by atoms with Crippen molar-refractivity contribution in [3.8, 4) is 0 Å². The highest BCUT2D eigenvalue weighted by molar-refractivity contribution is 7.80. The molecule has 0 aromatic carbocycles. The standard InChI is InChI=1S/C12H22N2O3S/c1-4-10-6-17-8(2)5-14(10)12(16)11(7-18)13-9(3)15/h8,10-11,18H,4-7H2,1-3H3,(H,13,15). The molecule has 3 unspecified atom stereocenters. The van der Waals surface area contributed by atoms with Gasteiger partial charge in [-0.15, -0.1) is 0 Å². The lowest BCUT2D eigenvalue weighted by Crippen LogP contribution is -2.57. The minimum Gasteiger partial charge on any atom is -0.375 e. The summed E-state index contributed by atoms with van der Waals surface area (Å²) in [4.78, 5) is 25.3. The van der Waals surface area contributed by atoms with E-state index >= 15 is 0 Å². The van der Waals surface area contributed by atoms with Crippen LogP contribution in [0.3, 0.4) is 0 Å². The van der Waals surface area contributed by atoms with E-state index in [0.717, 1.165) is 6.42 Å². The van der Waals surface area contributed by atoms with Gasteiger partial charge in [0.2, 0.25) is 11.8 Å². The van der Waals surface area contributed by atoms with Gasteiger partial charge in [-0.25, -0.2) is 0 Å². The molecule has 0 bridgehead atoms. The van der Waals surface area contributed by atoms with E-state index in [9.17, 15) is 9.59 Å². The summed E-state index contributed by atoms with van der Waals surface area (Å²) in [6, 6.07) is -0.463. The average Bonchev–Trinajstić information content (AvgIpc) is 2.34. The fourth-order valence-corrected chi connectivity index (χ4v) is 2.33. The molecule has 1 rings (SSSR count). The Labute approximate surface area is 114 Å². The Morgan fingerprint density at radius 1 is 1.56 bits per heavy atom. The van der Waals surface area contributed by atoms with Gasteiger partial charge in [-0.2, -0.15) is 12.6 Å². The van der Waals surface area contributed by atoms with Crippen LogP contribution in [0.2, 0.25) is 0 Å². The van der Waals surface area contributed by atoms with Crippen molar-refractivity contribution < 1.29 is 14.3 Å². The lowest BCUT2D eigenvalue weighted by Gasteiger charge is -2.39. The predicted octanol–water partition coefficient (Wildman–Crippen LogP) is 0.447. The molecule has 18 heavy (non-hydrogen) atoms. The van der Waals surface area contributed by atoms with Crippen molar-refractivity contribution in [2.45, 2.75) is 45.4 Å². The van der Waals surface area contributed by atoms with Gasteiger partial charge >= 0.3 is 0 Å². The van der Waals surface area contributed by atoms with E-state index in [2.05, 4.69) is 17.9 Å². The number of carbonyl (C=O) groups is 2. The van der Waals surface area contributed by atoms with Crippen LogP contribution in [0.15, 0.2) is 0 Å². The van der Waals surface area contributed by atoms with Crippen LogP contribution in [0.25, 0.3) is 0 Å². The van der Waals surface area contributed by atoms with Crippen molar-refractivity contribution in [3.05, 3.63) is 0 Å². The van der Waals surface area contributed by atoms with Gasteiger partial charge in [0.15, 0.2) is 0 Å². The smallest absolute Gasteiger partial charge is 0.246 e. The summed E-state index contributed by atoms with van der Waals surface area (Å²) < 4.78 is 5.56. The molecule has 1 aliphatic heterocycles. The van der Waals surface area contributed by atoms with Crippen LogP contribution in [0.5, 0.6) is 0 Å². The molecule has 3 atom stereocenters. The number of thiol groups is 1. The first-order valence-corrected chi connectivity index (χ1v) is 6.92. The first-order chi connectivity index (χ1) is 8.49. The molecule has 104 valence electrons. The Kier molecular flexibility index (Phi) is 5.95. The van der Waals surface area contributed by atoms with Crippen LogP contribution in [0.4, 0.5) is 0 Å². The van der Waals surface area contributed by atoms with Crippen LogP contribution < -0.4 is 5.32 Å². The normalized spacial score (nSPS) is 25.7. The Bertz CT molecular complexity index is 312. The maximum absolute atomic E-state index is 12.4. The summed E-state index contributed by atoms with van der Waals surface area (Å²) in [6.07, 6.45) is 0.882. The summed E-state index contributed by atoms with van der Waals surface area (Å²) >= 11 is 4.14. The third kappa shape index (κ3) is 3.88. The molecule has 1 fully saturated rings. The molecule has 0 radical (unpaired) electrons. The molecule has 1 N–H and O–H groups in total. The van der Waals surface area contributed by atoms with Gasteiger partial charge in [-0.05, 0) is 13.3 Å². The van der Waals surface area contributed by atoms with E-state index in [1.807, 2.05) is 18.7 Å². The van der Waals surface area contributed by atoms with Crippen molar-refractivity contribution in [1.82, 2.24) is 10.2 Å². The largest absolute Gasteiger partial charge is 0.375 e. The van der Waals surface area contributed by atoms with E-state index in [1.54, 1.807) is 0 Å². The minimum atomic E-state index is -0.551. The Balaban J connectivity index is 2.74. The molecule has 0 aromatic heterocycles. The minimum absolute atomic E-state index is 0.0367.